The molecule has 2 rings (SSSR count). The number of aldehydes is 1. The Labute approximate surface area is 131 Å². The number of anilines is 1. The predicted molar refractivity (Wildman–Crippen MR) is 90.7 cm³/mol. The molecule has 0 aliphatic rings. The molecule has 0 fully saturated rings. The molecule has 0 unspecified atom stereocenters. The van der Waals surface area contributed by atoms with Gasteiger partial charge in [-0.05, 0) is 68.8 Å². The van der Waals surface area contributed by atoms with Crippen LogP contribution in [0.1, 0.15) is 29.8 Å². The van der Waals surface area contributed by atoms with E-state index in [0.29, 0.717) is 5.56 Å². The first-order valence-corrected chi connectivity index (χ1v) is 7.50. The summed E-state index contributed by atoms with van der Waals surface area (Å²) in [6.07, 6.45) is 0.816. The molecule has 0 aliphatic heterocycles. The van der Waals surface area contributed by atoms with Crippen LogP contribution in [0.15, 0.2) is 52.7 Å². The van der Waals surface area contributed by atoms with Crippen LogP contribution in [0, 0.1) is 6.92 Å². The van der Waals surface area contributed by atoms with Gasteiger partial charge in [0, 0.05) is 24.3 Å². The second-order valence-corrected chi connectivity index (χ2v) is 5.05. The highest BCUT2D eigenvalue weighted by Crippen LogP contribution is 2.26. The van der Waals surface area contributed by atoms with E-state index in [4.69, 9.17) is 0 Å². The van der Waals surface area contributed by atoms with Gasteiger partial charge in [-0.3, -0.25) is 4.79 Å². The van der Waals surface area contributed by atoms with Crippen molar-refractivity contribution in [2.24, 2.45) is 10.2 Å². The van der Waals surface area contributed by atoms with Crippen molar-refractivity contribution in [3.05, 3.63) is 53.6 Å². The minimum atomic E-state index is 0.638. The molecule has 0 saturated carbocycles. The van der Waals surface area contributed by atoms with Crippen molar-refractivity contribution in [2.45, 2.75) is 20.8 Å². The van der Waals surface area contributed by atoms with Gasteiger partial charge in [-0.1, -0.05) is 0 Å². The van der Waals surface area contributed by atoms with E-state index in [0.717, 1.165) is 36.3 Å². The summed E-state index contributed by atoms with van der Waals surface area (Å²) in [5, 5.41) is 8.52. The monoisotopic (exact) mass is 295 g/mol. The molecule has 2 aromatic rings. The van der Waals surface area contributed by atoms with Crippen molar-refractivity contribution < 1.29 is 4.79 Å². The smallest absolute Gasteiger partial charge is 0.150 e. The molecule has 114 valence electrons. The van der Waals surface area contributed by atoms with E-state index >= 15 is 0 Å². The lowest BCUT2D eigenvalue weighted by Gasteiger charge is -2.21. The number of benzene rings is 2. The first-order chi connectivity index (χ1) is 10.7. The van der Waals surface area contributed by atoms with E-state index in [1.807, 2.05) is 13.0 Å². The van der Waals surface area contributed by atoms with Crippen molar-refractivity contribution in [2.75, 3.05) is 18.0 Å². The van der Waals surface area contributed by atoms with Gasteiger partial charge < -0.3 is 4.90 Å². The van der Waals surface area contributed by atoms with Crippen LogP contribution in [-0.4, -0.2) is 19.4 Å². The van der Waals surface area contributed by atoms with Gasteiger partial charge in [0.05, 0.1) is 11.4 Å². The highest BCUT2D eigenvalue weighted by Gasteiger charge is 2.04. The third-order valence-electron chi connectivity index (χ3n) is 3.61. The van der Waals surface area contributed by atoms with Crippen LogP contribution in [0.3, 0.4) is 0 Å². The van der Waals surface area contributed by atoms with Gasteiger partial charge in [0.1, 0.15) is 6.29 Å². The summed E-state index contributed by atoms with van der Waals surface area (Å²) in [5.74, 6) is 0. The summed E-state index contributed by atoms with van der Waals surface area (Å²) in [5.41, 5.74) is 4.53. The van der Waals surface area contributed by atoms with E-state index in [2.05, 4.69) is 41.1 Å². The maximum absolute atomic E-state index is 10.6. The van der Waals surface area contributed by atoms with Gasteiger partial charge in [-0.15, -0.1) is 0 Å². The van der Waals surface area contributed by atoms with Crippen LogP contribution >= 0.6 is 0 Å². The quantitative estimate of drug-likeness (QED) is 0.551. The number of rotatable bonds is 6. The SMILES string of the molecule is CCN(CC)c1ccc(N=Nc2ccc(C=O)cc2)c(C)c1. The Kier molecular flexibility index (Phi) is 5.42. The Morgan fingerprint density at radius 2 is 1.68 bits per heavy atom. The van der Waals surface area contributed by atoms with Crippen LogP contribution < -0.4 is 4.90 Å². The average molecular weight is 295 g/mol. The molecule has 0 amide bonds. The van der Waals surface area contributed by atoms with E-state index in [-0.39, 0.29) is 0 Å². The van der Waals surface area contributed by atoms with Crippen LogP contribution in [-0.2, 0) is 0 Å². The Bertz CT molecular complexity index is 659. The van der Waals surface area contributed by atoms with Crippen molar-refractivity contribution in [3.63, 3.8) is 0 Å². The summed E-state index contributed by atoms with van der Waals surface area (Å²) < 4.78 is 0. The summed E-state index contributed by atoms with van der Waals surface area (Å²) >= 11 is 0. The number of hydrogen-bond donors (Lipinski definition) is 0. The normalized spacial score (nSPS) is 10.9. The molecule has 4 heteroatoms. The average Bonchev–Trinajstić information content (AvgIpc) is 2.55. The highest BCUT2D eigenvalue weighted by molar-refractivity contribution is 5.75. The van der Waals surface area contributed by atoms with Crippen molar-refractivity contribution in [3.8, 4) is 0 Å². The van der Waals surface area contributed by atoms with Gasteiger partial charge in [-0.25, -0.2) is 0 Å². The lowest BCUT2D eigenvalue weighted by molar-refractivity contribution is 0.112. The van der Waals surface area contributed by atoms with Gasteiger partial charge in [0.15, 0.2) is 0 Å². The minimum Gasteiger partial charge on any atom is -0.372 e. The second-order valence-electron chi connectivity index (χ2n) is 5.05. The van der Waals surface area contributed by atoms with E-state index in [9.17, 15) is 4.79 Å². The molecule has 0 spiro atoms. The molecule has 0 heterocycles. The molecule has 22 heavy (non-hydrogen) atoms. The third-order valence-corrected chi connectivity index (χ3v) is 3.61. The number of carbonyl (C=O) groups is 1. The number of hydrogen-bond acceptors (Lipinski definition) is 4. The zero-order valence-corrected chi connectivity index (χ0v) is 13.3. The Balaban J connectivity index is 2.18. The van der Waals surface area contributed by atoms with Gasteiger partial charge in [0.25, 0.3) is 0 Å². The molecule has 0 N–H and O–H groups in total. The molecule has 0 atom stereocenters. The lowest BCUT2D eigenvalue weighted by atomic mass is 10.1. The number of nitrogens with zero attached hydrogens (tertiary/aromatic N) is 3. The zero-order valence-electron chi connectivity index (χ0n) is 13.3. The van der Waals surface area contributed by atoms with Crippen molar-refractivity contribution in [1.29, 1.82) is 0 Å². The molecular formula is C18H21N3O. The second kappa shape index (κ2) is 7.50. The molecular weight excluding hydrogens is 274 g/mol. The molecule has 4 nitrogen and oxygen atoms in total. The zero-order chi connectivity index (χ0) is 15.9. The maximum Gasteiger partial charge on any atom is 0.150 e. The fourth-order valence-corrected chi connectivity index (χ4v) is 2.27. The number of carbonyl (C=O) groups excluding carboxylic acids is 1. The largest absolute Gasteiger partial charge is 0.372 e. The minimum absolute atomic E-state index is 0.638. The molecule has 0 saturated heterocycles. The standard InChI is InChI=1S/C18H21N3O/c1-4-21(5-2)17-10-11-18(14(3)12-17)20-19-16-8-6-15(13-22)7-9-16/h6-13H,4-5H2,1-3H3. The Morgan fingerprint density at radius 1 is 1.00 bits per heavy atom. The van der Waals surface area contributed by atoms with E-state index < -0.39 is 0 Å². The Morgan fingerprint density at radius 3 is 2.23 bits per heavy atom. The topological polar surface area (TPSA) is 45.0 Å². The molecule has 0 radical (unpaired) electrons. The highest BCUT2D eigenvalue weighted by atomic mass is 16.1. The third kappa shape index (κ3) is 3.79. The van der Waals surface area contributed by atoms with Crippen LogP contribution in [0.2, 0.25) is 0 Å². The molecule has 0 aromatic heterocycles. The number of azo groups is 1. The maximum atomic E-state index is 10.6. The van der Waals surface area contributed by atoms with Crippen molar-refractivity contribution in [1.82, 2.24) is 0 Å². The molecule has 0 aliphatic carbocycles. The molecule has 2 aromatic carbocycles. The first kappa shape index (κ1) is 15.9. The summed E-state index contributed by atoms with van der Waals surface area (Å²) in [4.78, 5) is 12.9. The predicted octanol–water partition coefficient (Wildman–Crippen LogP) is 5.07. The van der Waals surface area contributed by atoms with E-state index in [1.54, 1.807) is 24.3 Å². The summed E-state index contributed by atoms with van der Waals surface area (Å²) in [6.45, 7) is 8.31. The lowest BCUT2D eigenvalue weighted by Crippen LogP contribution is -2.21. The van der Waals surface area contributed by atoms with Gasteiger partial charge >= 0.3 is 0 Å². The van der Waals surface area contributed by atoms with Gasteiger partial charge in [-0.2, -0.15) is 10.2 Å². The number of aryl methyl sites for hydroxylation is 1. The van der Waals surface area contributed by atoms with Crippen LogP contribution in [0.5, 0.6) is 0 Å². The van der Waals surface area contributed by atoms with Crippen LogP contribution in [0.4, 0.5) is 17.1 Å². The fourth-order valence-electron chi connectivity index (χ4n) is 2.27. The Hall–Kier alpha value is -2.49. The van der Waals surface area contributed by atoms with Gasteiger partial charge in [0.2, 0.25) is 0 Å². The van der Waals surface area contributed by atoms with Crippen molar-refractivity contribution >= 4 is 23.3 Å². The summed E-state index contributed by atoms with van der Waals surface area (Å²) in [7, 11) is 0. The fraction of sp³-hybridized carbons (Fsp3) is 0.278. The first-order valence-electron chi connectivity index (χ1n) is 7.50. The molecule has 0 bridgehead atoms. The van der Waals surface area contributed by atoms with Crippen LogP contribution in [0.25, 0.3) is 0 Å². The van der Waals surface area contributed by atoms with E-state index in [1.165, 1.54) is 5.69 Å². The summed E-state index contributed by atoms with van der Waals surface area (Å²) in [6, 6.07) is 13.2.